The summed E-state index contributed by atoms with van der Waals surface area (Å²) < 4.78 is 5.97. The first-order chi connectivity index (χ1) is 11.2. The SMILES string of the molecule is C[B]CCc1ccc(OC2CN(N/N=C\CNC)C2)c(C)c1O. The lowest BCUT2D eigenvalue weighted by atomic mass is 9.75. The summed E-state index contributed by atoms with van der Waals surface area (Å²) in [4.78, 5) is 0. The van der Waals surface area contributed by atoms with Crippen LogP contribution < -0.4 is 15.6 Å². The fourth-order valence-electron chi connectivity index (χ4n) is 2.40. The van der Waals surface area contributed by atoms with Gasteiger partial charge in [0.25, 0.3) is 0 Å². The third-order valence-electron chi connectivity index (χ3n) is 3.89. The molecule has 1 saturated heterocycles. The Morgan fingerprint density at radius 2 is 2.26 bits per heavy atom. The van der Waals surface area contributed by atoms with Crippen LogP contribution in [-0.4, -0.2) is 56.4 Å². The van der Waals surface area contributed by atoms with Gasteiger partial charge in [-0.15, -0.1) is 0 Å². The van der Waals surface area contributed by atoms with Crippen molar-refractivity contribution < 1.29 is 9.84 Å². The van der Waals surface area contributed by atoms with E-state index in [0.29, 0.717) is 5.75 Å². The lowest BCUT2D eigenvalue weighted by Gasteiger charge is -2.38. The van der Waals surface area contributed by atoms with E-state index in [9.17, 15) is 5.11 Å². The fourth-order valence-corrected chi connectivity index (χ4v) is 2.40. The first-order valence-corrected chi connectivity index (χ1v) is 8.08. The van der Waals surface area contributed by atoms with E-state index < -0.39 is 0 Å². The molecule has 0 bridgehead atoms. The van der Waals surface area contributed by atoms with Gasteiger partial charge in [-0.25, -0.2) is 5.53 Å². The number of aryl methyl sites for hydroxylation is 1. The Kier molecular flexibility index (Phi) is 6.74. The van der Waals surface area contributed by atoms with Gasteiger partial charge in [-0.05, 0) is 32.0 Å². The summed E-state index contributed by atoms with van der Waals surface area (Å²) in [5.41, 5.74) is 4.75. The van der Waals surface area contributed by atoms with Gasteiger partial charge >= 0.3 is 0 Å². The molecule has 1 heterocycles. The minimum Gasteiger partial charge on any atom is -0.507 e. The Balaban J connectivity index is 1.82. The van der Waals surface area contributed by atoms with Crippen molar-refractivity contribution in [1.82, 2.24) is 15.9 Å². The Morgan fingerprint density at radius 3 is 2.96 bits per heavy atom. The van der Waals surface area contributed by atoms with Crippen molar-refractivity contribution in [3.8, 4) is 11.5 Å². The number of ether oxygens (including phenoxy) is 1. The zero-order chi connectivity index (χ0) is 16.7. The van der Waals surface area contributed by atoms with E-state index in [1.165, 1.54) is 0 Å². The van der Waals surface area contributed by atoms with E-state index in [0.717, 1.165) is 49.3 Å². The summed E-state index contributed by atoms with van der Waals surface area (Å²) in [5.74, 6) is 1.12. The van der Waals surface area contributed by atoms with Gasteiger partial charge in [0.2, 0.25) is 0 Å². The molecule has 1 aliphatic rings. The summed E-state index contributed by atoms with van der Waals surface area (Å²) in [7, 11) is 3.98. The largest absolute Gasteiger partial charge is 0.507 e. The van der Waals surface area contributed by atoms with E-state index in [1.807, 2.05) is 37.9 Å². The second-order valence-electron chi connectivity index (χ2n) is 5.76. The average molecular weight is 317 g/mol. The van der Waals surface area contributed by atoms with Crippen molar-refractivity contribution in [3.05, 3.63) is 23.3 Å². The highest BCUT2D eigenvalue weighted by atomic mass is 16.5. The maximum Gasteiger partial charge on any atom is 0.128 e. The van der Waals surface area contributed by atoms with Crippen LogP contribution in [0.1, 0.15) is 11.1 Å². The van der Waals surface area contributed by atoms with Gasteiger partial charge in [0.1, 0.15) is 24.9 Å². The van der Waals surface area contributed by atoms with Crippen LogP contribution in [-0.2, 0) is 6.42 Å². The van der Waals surface area contributed by atoms with E-state index in [1.54, 1.807) is 6.21 Å². The molecular weight excluding hydrogens is 291 g/mol. The molecule has 125 valence electrons. The third kappa shape index (κ3) is 4.87. The number of benzene rings is 1. The second kappa shape index (κ2) is 8.79. The van der Waals surface area contributed by atoms with Crippen LogP contribution in [0.3, 0.4) is 0 Å². The summed E-state index contributed by atoms with van der Waals surface area (Å²) >= 11 is 0. The van der Waals surface area contributed by atoms with Crippen LogP contribution in [0, 0.1) is 6.92 Å². The molecular formula is C16H26BN4O2. The molecule has 3 N–H and O–H groups in total. The lowest BCUT2D eigenvalue weighted by molar-refractivity contribution is -0.0153. The van der Waals surface area contributed by atoms with Crippen molar-refractivity contribution in [2.24, 2.45) is 5.10 Å². The topological polar surface area (TPSA) is 69.1 Å². The molecule has 1 radical (unpaired) electrons. The molecule has 0 amide bonds. The van der Waals surface area contributed by atoms with Gasteiger partial charge in [-0.3, -0.25) is 0 Å². The number of hydrazine groups is 1. The summed E-state index contributed by atoms with van der Waals surface area (Å²) in [5, 5.41) is 19.3. The molecule has 0 aromatic heterocycles. The Hall–Kier alpha value is -1.73. The summed E-state index contributed by atoms with van der Waals surface area (Å²) in [6, 6.07) is 3.92. The molecule has 23 heavy (non-hydrogen) atoms. The number of hydrogen-bond acceptors (Lipinski definition) is 6. The van der Waals surface area contributed by atoms with Gasteiger partial charge in [-0.2, -0.15) is 10.1 Å². The molecule has 0 spiro atoms. The number of hydrogen-bond donors (Lipinski definition) is 3. The van der Waals surface area contributed by atoms with Crippen molar-refractivity contribution >= 4 is 13.5 Å². The number of phenols is 1. The molecule has 7 heteroatoms. The monoisotopic (exact) mass is 317 g/mol. The predicted octanol–water partition coefficient (Wildman–Crippen LogP) is 1.19. The smallest absolute Gasteiger partial charge is 0.128 e. The highest BCUT2D eigenvalue weighted by Crippen LogP contribution is 2.32. The number of phenolic OH excluding ortho intramolecular Hbond substituents is 1. The standard InChI is InChI=1S/C16H26BN4O2/c1-12-15(5-4-13(16(12)22)6-7-17-2)23-14-10-21(11-14)20-19-9-8-18-3/h4-5,9,14,18,20,22H,6-8,10-11H2,1-3H3/b19-9-. The number of rotatable bonds is 9. The Bertz CT molecular complexity index is 533. The molecule has 6 nitrogen and oxygen atoms in total. The molecule has 0 saturated carbocycles. The van der Waals surface area contributed by atoms with E-state index in [2.05, 4.69) is 23.2 Å². The molecule has 1 aliphatic heterocycles. The third-order valence-corrected chi connectivity index (χ3v) is 3.89. The molecule has 0 aliphatic carbocycles. The van der Waals surface area contributed by atoms with Crippen LogP contribution in [0.4, 0.5) is 0 Å². The Labute approximate surface area is 139 Å². The Morgan fingerprint density at radius 1 is 1.48 bits per heavy atom. The minimum absolute atomic E-state index is 0.120. The van der Waals surface area contributed by atoms with Crippen molar-refractivity contribution in [2.45, 2.75) is 32.6 Å². The first-order valence-electron chi connectivity index (χ1n) is 8.08. The van der Waals surface area contributed by atoms with Gasteiger partial charge in [0, 0.05) is 18.3 Å². The predicted molar refractivity (Wildman–Crippen MR) is 94.5 cm³/mol. The van der Waals surface area contributed by atoms with Gasteiger partial charge in [-0.1, -0.05) is 19.2 Å². The highest BCUT2D eigenvalue weighted by Gasteiger charge is 2.29. The molecule has 1 aromatic carbocycles. The second-order valence-corrected chi connectivity index (χ2v) is 5.76. The van der Waals surface area contributed by atoms with E-state index >= 15 is 0 Å². The van der Waals surface area contributed by atoms with Crippen molar-refractivity contribution in [3.63, 3.8) is 0 Å². The summed E-state index contributed by atoms with van der Waals surface area (Å²) in [6.45, 7) is 6.20. The average Bonchev–Trinajstić information content (AvgIpc) is 2.51. The van der Waals surface area contributed by atoms with Crippen LogP contribution >= 0.6 is 0 Å². The van der Waals surface area contributed by atoms with Crippen LogP contribution in [0.25, 0.3) is 0 Å². The van der Waals surface area contributed by atoms with E-state index in [-0.39, 0.29) is 6.10 Å². The number of nitrogens with zero attached hydrogens (tertiary/aromatic N) is 2. The van der Waals surface area contributed by atoms with Crippen LogP contribution in [0.15, 0.2) is 17.2 Å². The van der Waals surface area contributed by atoms with Gasteiger partial charge < -0.3 is 15.2 Å². The normalized spacial score (nSPS) is 15.6. The zero-order valence-corrected chi connectivity index (χ0v) is 14.2. The van der Waals surface area contributed by atoms with Crippen molar-refractivity contribution in [1.29, 1.82) is 0 Å². The van der Waals surface area contributed by atoms with Gasteiger partial charge in [0.15, 0.2) is 0 Å². The minimum atomic E-state index is 0.120. The molecule has 1 aromatic rings. The number of hydrazone groups is 1. The van der Waals surface area contributed by atoms with Crippen LogP contribution in [0.5, 0.6) is 11.5 Å². The molecule has 0 unspecified atom stereocenters. The highest BCUT2D eigenvalue weighted by molar-refractivity contribution is 6.33. The molecule has 0 atom stereocenters. The zero-order valence-electron chi connectivity index (χ0n) is 14.2. The molecule has 1 fully saturated rings. The van der Waals surface area contributed by atoms with E-state index in [4.69, 9.17) is 4.74 Å². The van der Waals surface area contributed by atoms with Crippen LogP contribution in [0.2, 0.25) is 13.1 Å². The summed E-state index contributed by atoms with van der Waals surface area (Å²) in [6.07, 6.45) is 3.72. The number of aromatic hydroxyl groups is 1. The first kappa shape index (κ1) is 17.6. The number of nitrogens with one attached hydrogen (secondary N) is 2. The quantitative estimate of drug-likeness (QED) is 0.363. The van der Waals surface area contributed by atoms with Crippen molar-refractivity contribution in [2.75, 3.05) is 26.7 Å². The maximum absolute atomic E-state index is 10.3. The fraction of sp³-hybridized carbons (Fsp3) is 0.562. The lowest BCUT2D eigenvalue weighted by Crippen LogP contribution is -2.58. The van der Waals surface area contributed by atoms with Gasteiger partial charge in [0.05, 0.1) is 13.1 Å². The molecule has 2 rings (SSSR count). The maximum atomic E-state index is 10.3.